The van der Waals surface area contributed by atoms with Crippen molar-refractivity contribution in [2.75, 3.05) is 13.2 Å². The van der Waals surface area contributed by atoms with Crippen LogP contribution in [0.3, 0.4) is 0 Å². The Morgan fingerprint density at radius 3 is 2.85 bits per heavy atom. The van der Waals surface area contributed by atoms with E-state index in [9.17, 15) is 0 Å². The molecule has 0 amide bonds. The summed E-state index contributed by atoms with van der Waals surface area (Å²) >= 11 is 0. The summed E-state index contributed by atoms with van der Waals surface area (Å²) in [6, 6.07) is 0. The Labute approximate surface area is 81.8 Å². The monoisotopic (exact) mass is 185 g/mol. The van der Waals surface area contributed by atoms with Crippen molar-refractivity contribution < 1.29 is 4.74 Å². The SMILES string of the molecule is CCCOC1(CN)CCCC(C)C1. The van der Waals surface area contributed by atoms with Crippen molar-refractivity contribution in [3.05, 3.63) is 0 Å². The molecule has 1 rings (SSSR count). The second-order valence-corrected chi connectivity index (χ2v) is 4.44. The molecule has 2 heteroatoms. The summed E-state index contributed by atoms with van der Waals surface area (Å²) in [4.78, 5) is 0. The van der Waals surface area contributed by atoms with Gasteiger partial charge in [0.05, 0.1) is 5.60 Å². The molecule has 1 aliphatic carbocycles. The van der Waals surface area contributed by atoms with Crippen LogP contribution in [0.4, 0.5) is 0 Å². The predicted octanol–water partition coefficient (Wildman–Crippen LogP) is 2.32. The van der Waals surface area contributed by atoms with Crippen LogP contribution in [0.25, 0.3) is 0 Å². The predicted molar refractivity (Wildman–Crippen MR) is 55.7 cm³/mol. The van der Waals surface area contributed by atoms with Crippen molar-refractivity contribution in [3.63, 3.8) is 0 Å². The van der Waals surface area contributed by atoms with Gasteiger partial charge in [-0.3, -0.25) is 0 Å². The lowest BCUT2D eigenvalue weighted by molar-refractivity contribution is -0.0739. The van der Waals surface area contributed by atoms with E-state index in [1.807, 2.05) is 0 Å². The first kappa shape index (κ1) is 11.0. The highest BCUT2D eigenvalue weighted by atomic mass is 16.5. The van der Waals surface area contributed by atoms with Gasteiger partial charge in [0.15, 0.2) is 0 Å². The zero-order valence-corrected chi connectivity index (χ0v) is 9.01. The molecule has 2 unspecified atom stereocenters. The third kappa shape index (κ3) is 2.96. The van der Waals surface area contributed by atoms with E-state index in [1.165, 1.54) is 12.8 Å². The van der Waals surface area contributed by atoms with E-state index >= 15 is 0 Å². The second-order valence-electron chi connectivity index (χ2n) is 4.44. The van der Waals surface area contributed by atoms with Gasteiger partial charge in [-0.2, -0.15) is 0 Å². The van der Waals surface area contributed by atoms with Crippen LogP contribution in [-0.4, -0.2) is 18.8 Å². The maximum absolute atomic E-state index is 5.91. The van der Waals surface area contributed by atoms with E-state index < -0.39 is 0 Å². The fourth-order valence-electron chi connectivity index (χ4n) is 2.31. The van der Waals surface area contributed by atoms with Crippen LogP contribution in [-0.2, 0) is 4.74 Å². The minimum atomic E-state index is 0.0215. The van der Waals surface area contributed by atoms with Gasteiger partial charge in [-0.25, -0.2) is 0 Å². The molecule has 0 aliphatic heterocycles. The molecular weight excluding hydrogens is 162 g/mol. The lowest BCUT2D eigenvalue weighted by Gasteiger charge is -2.39. The molecule has 0 aromatic rings. The molecule has 2 nitrogen and oxygen atoms in total. The van der Waals surface area contributed by atoms with Crippen molar-refractivity contribution in [1.29, 1.82) is 0 Å². The van der Waals surface area contributed by atoms with Crippen molar-refractivity contribution in [2.24, 2.45) is 11.7 Å². The summed E-state index contributed by atoms with van der Waals surface area (Å²) in [6.07, 6.45) is 6.03. The van der Waals surface area contributed by atoms with Gasteiger partial charge >= 0.3 is 0 Å². The molecule has 78 valence electrons. The summed E-state index contributed by atoms with van der Waals surface area (Å²) in [5.74, 6) is 0.786. The van der Waals surface area contributed by atoms with E-state index in [0.717, 1.165) is 31.8 Å². The zero-order chi connectivity index (χ0) is 9.73. The van der Waals surface area contributed by atoms with Crippen LogP contribution < -0.4 is 5.73 Å². The Morgan fingerprint density at radius 2 is 2.31 bits per heavy atom. The number of nitrogens with two attached hydrogens (primary N) is 1. The van der Waals surface area contributed by atoms with Gasteiger partial charge in [-0.15, -0.1) is 0 Å². The summed E-state index contributed by atoms with van der Waals surface area (Å²) in [6.45, 7) is 6.01. The summed E-state index contributed by atoms with van der Waals surface area (Å²) < 4.78 is 5.91. The Bertz CT molecular complexity index is 149. The van der Waals surface area contributed by atoms with E-state index in [-0.39, 0.29) is 5.60 Å². The van der Waals surface area contributed by atoms with Gasteiger partial charge in [-0.1, -0.05) is 26.7 Å². The fourth-order valence-corrected chi connectivity index (χ4v) is 2.31. The fraction of sp³-hybridized carbons (Fsp3) is 1.00. The number of hydrogen-bond donors (Lipinski definition) is 1. The smallest absolute Gasteiger partial charge is 0.0806 e. The van der Waals surface area contributed by atoms with Crippen LogP contribution in [0.2, 0.25) is 0 Å². The molecule has 0 bridgehead atoms. The van der Waals surface area contributed by atoms with Gasteiger partial charge in [0.1, 0.15) is 0 Å². The van der Waals surface area contributed by atoms with Crippen molar-refractivity contribution in [2.45, 2.75) is 51.6 Å². The van der Waals surface area contributed by atoms with E-state index in [0.29, 0.717) is 6.54 Å². The zero-order valence-electron chi connectivity index (χ0n) is 9.01. The minimum absolute atomic E-state index is 0.0215. The molecular formula is C11H23NO. The van der Waals surface area contributed by atoms with Gasteiger partial charge in [-0.05, 0) is 25.2 Å². The van der Waals surface area contributed by atoms with Gasteiger partial charge in [0.25, 0.3) is 0 Å². The molecule has 0 radical (unpaired) electrons. The average Bonchev–Trinajstić information content (AvgIpc) is 2.15. The van der Waals surface area contributed by atoms with Crippen LogP contribution in [0.5, 0.6) is 0 Å². The topological polar surface area (TPSA) is 35.2 Å². The quantitative estimate of drug-likeness (QED) is 0.729. The normalized spacial score (nSPS) is 34.8. The van der Waals surface area contributed by atoms with E-state index in [4.69, 9.17) is 10.5 Å². The molecule has 1 saturated carbocycles. The summed E-state index contributed by atoms with van der Waals surface area (Å²) in [5.41, 5.74) is 5.84. The highest BCUT2D eigenvalue weighted by Gasteiger charge is 2.34. The highest BCUT2D eigenvalue weighted by molar-refractivity contribution is 4.87. The van der Waals surface area contributed by atoms with E-state index in [1.54, 1.807) is 0 Å². The highest BCUT2D eigenvalue weighted by Crippen LogP contribution is 2.34. The number of hydrogen-bond acceptors (Lipinski definition) is 2. The van der Waals surface area contributed by atoms with Crippen LogP contribution in [0.1, 0.15) is 46.0 Å². The van der Waals surface area contributed by atoms with Gasteiger partial charge in [0, 0.05) is 13.2 Å². The maximum Gasteiger partial charge on any atom is 0.0806 e. The van der Waals surface area contributed by atoms with Crippen molar-refractivity contribution >= 4 is 0 Å². The first-order chi connectivity index (χ1) is 6.22. The second kappa shape index (κ2) is 4.97. The van der Waals surface area contributed by atoms with Crippen molar-refractivity contribution in [3.8, 4) is 0 Å². The summed E-state index contributed by atoms with van der Waals surface area (Å²) in [5, 5.41) is 0. The molecule has 2 atom stereocenters. The average molecular weight is 185 g/mol. The molecule has 0 heterocycles. The molecule has 1 aliphatic rings. The lowest BCUT2D eigenvalue weighted by Crippen LogP contribution is -2.44. The molecule has 13 heavy (non-hydrogen) atoms. The molecule has 1 fully saturated rings. The first-order valence-corrected chi connectivity index (χ1v) is 5.56. The van der Waals surface area contributed by atoms with Crippen molar-refractivity contribution in [1.82, 2.24) is 0 Å². The standard InChI is InChI=1S/C11H23NO/c1-3-7-13-11(9-12)6-4-5-10(2)8-11/h10H,3-9,12H2,1-2H3. The van der Waals surface area contributed by atoms with Gasteiger partial charge < -0.3 is 10.5 Å². The Balaban J connectivity index is 2.46. The van der Waals surface area contributed by atoms with E-state index in [2.05, 4.69) is 13.8 Å². The Morgan fingerprint density at radius 1 is 1.54 bits per heavy atom. The minimum Gasteiger partial charge on any atom is -0.374 e. The number of rotatable bonds is 4. The Hall–Kier alpha value is -0.0800. The lowest BCUT2D eigenvalue weighted by atomic mass is 9.79. The van der Waals surface area contributed by atoms with Crippen LogP contribution in [0.15, 0.2) is 0 Å². The van der Waals surface area contributed by atoms with Gasteiger partial charge in [0.2, 0.25) is 0 Å². The summed E-state index contributed by atoms with van der Waals surface area (Å²) in [7, 11) is 0. The molecule has 0 aromatic heterocycles. The molecule has 0 spiro atoms. The molecule has 0 saturated heterocycles. The number of ether oxygens (including phenoxy) is 1. The first-order valence-electron chi connectivity index (χ1n) is 5.56. The molecule has 0 aromatic carbocycles. The third-order valence-electron chi connectivity index (χ3n) is 3.03. The van der Waals surface area contributed by atoms with Crippen LogP contribution >= 0.6 is 0 Å². The maximum atomic E-state index is 5.91. The third-order valence-corrected chi connectivity index (χ3v) is 3.03. The largest absolute Gasteiger partial charge is 0.374 e. The Kier molecular flexibility index (Phi) is 4.20. The van der Waals surface area contributed by atoms with Crippen LogP contribution in [0, 0.1) is 5.92 Å². The molecule has 2 N–H and O–H groups in total.